The minimum Gasteiger partial charge on any atom is -0.383 e. The van der Waals surface area contributed by atoms with Crippen LogP contribution in [-0.2, 0) is 4.74 Å². The summed E-state index contributed by atoms with van der Waals surface area (Å²) in [5, 5.41) is 3.57. The predicted molar refractivity (Wildman–Crippen MR) is 59.6 cm³/mol. The van der Waals surface area contributed by atoms with Crippen LogP contribution in [0.5, 0.6) is 0 Å². The molecule has 3 nitrogen and oxygen atoms in total. The number of nitrogens with zero attached hydrogens (tertiary/aromatic N) is 1. The van der Waals surface area contributed by atoms with E-state index in [0.29, 0.717) is 0 Å². The van der Waals surface area contributed by atoms with Crippen LogP contribution in [0.1, 0.15) is 25.7 Å². The van der Waals surface area contributed by atoms with Gasteiger partial charge >= 0.3 is 0 Å². The zero-order valence-corrected chi connectivity index (χ0v) is 9.59. The molecule has 84 valence electrons. The molecule has 0 radical (unpaired) electrons. The van der Waals surface area contributed by atoms with E-state index in [1.54, 1.807) is 7.11 Å². The van der Waals surface area contributed by atoms with E-state index in [0.717, 1.165) is 19.2 Å². The summed E-state index contributed by atoms with van der Waals surface area (Å²) in [6.07, 6.45) is 5.45. The van der Waals surface area contributed by atoms with E-state index in [9.17, 15) is 0 Å². The lowest BCUT2D eigenvalue weighted by Crippen LogP contribution is -2.37. The van der Waals surface area contributed by atoms with Crippen LogP contribution in [0.4, 0.5) is 0 Å². The third-order valence-electron chi connectivity index (χ3n) is 2.93. The van der Waals surface area contributed by atoms with Crippen LogP contribution in [0.3, 0.4) is 0 Å². The number of hydrogen-bond acceptors (Lipinski definition) is 3. The first-order valence-corrected chi connectivity index (χ1v) is 5.74. The summed E-state index contributed by atoms with van der Waals surface area (Å²) in [5.41, 5.74) is 0. The fourth-order valence-corrected chi connectivity index (χ4v) is 1.63. The average Bonchev–Trinajstić information content (AvgIpc) is 2.11. The first-order valence-electron chi connectivity index (χ1n) is 5.74. The molecule has 0 bridgehead atoms. The maximum Gasteiger partial charge on any atom is 0.0589 e. The molecule has 0 unspecified atom stereocenters. The number of likely N-dealkylation sites (N-methyl/N-ethyl adjacent to an activating group) is 1. The van der Waals surface area contributed by atoms with E-state index >= 15 is 0 Å². The number of methoxy groups -OCH3 is 1. The van der Waals surface area contributed by atoms with E-state index in [2.05, 4.69) is 17.3 Å². The van der Waals surface area contributed by atoms with Crippen molar-refractivity contribution in [1.29, 1.82) is 0 Å². The highest BCUT2D eigenvalue weighted by Crippen LogP contribution is 2.17. The fraction of sp³-hybridized carbons (Fsp3) is 1.00. The summed E-state index contributed by atoms with van der Waals surface area (Å²) in [6, 6.07) is 0.833. The van der Waals surface area contributed by atoms with Crippen molar-refractivity contribution in [3.8, 4) is 0 Å². The second-order valence-electron chi connectivity index (χ2n) is 4.23. The van der Waals surface area contributed by atoms with Crippen molar-refractivity contribution in [1.82, 2.24) is 10.2 Å². The minimum atomic E-state index is 0.833. The van der Waals surface area contributed by atoms with Gasteiger partial charge in [-0.25, -0.2) is 0 Å². The number of hydrogen-bond donors (Lipinski definition) is 1. The molecule has 0 aromatic rings. The molecule has 0 aromatic carbocycles. The van der Waals surface area contributed by atoms with Gasteiger partial charge in [0.25, 0.3) is 0 Å². The van der Waals surface area contributed by atoms with Crippen molar-refractivity contribution in [2.24, 2.45) is 0 Å². The molecule has 1 aliphatic carbocycles. The zero-order chi connectivity index (χ0) is 10.2. The van der Waals surface area contributed by atoms with E-state index in [1.165, 1.54) is 38.8 Å². The van der Waals surface area contributed by atoms with Gasteiger partial charge in [-0.3, -0.25) is 0 Å². The van der Waals surface area contributed by atoms with Crippen LogP contribution >= 0.6 is 0 Å². The highest BCUT2D eigenvalue weighted by atomic mass is 16.5. The third kappa shape index (κ3) is 4.94. The maximum absolute atomic E-state index is 5.03. The molecule has 3 heteroatoms. The SMILES string of the molecule is COCCN(C)CCCNC1CCC1. The zero-order valence-electron chi connectivity index (χ0n) is 9.59. The van der Waals surface area contributed by atoms with Gasteiger partial charge in [0.2, 0.25) is 0 Å². The van der Waals surface area contributed by atoms with Gasteiger partial charge in [-0.1, -0.05) is 6.42 Å². The second-order valence-corrected chi connectivity index (χ2v) is 4.23. The Labute approximate surface area is 87.8 Å². The summed E-state index contributed by atoms with van der Waals surface area (Å²) < 4.78 is 5.03. The van der Waals surface area contributed by atoms with E-state index in [4.69, 9.17) is 4.74 Å². The van der Waals surface area contributed by atoms with Crippen molar-refractivity contribution >= 4 is 0 Å². The molecule has 0 atom stereocenters. The molecular weight excluding hydrogens is 176 g/mol. The summed E-state index contributed by atoms with van der Waals surface area (Å²) in [7, 11) is 3.91. The number of rotatable bonds is 8. The van der Waals surface area contributed by atoms with Crippen LogP contribution < -0.4 is 5.32 Å². The minimum absolute atomic E-state index is 0.833. The lowest BCUT2D eigenvalue weighted by molar-refractivity contribution is 0.160. The first-order chi connectivity index (χ1) is 6.83. The normalized spacial score (nSPS) is 17.4. The molecule has 0 aromatic heterocycles. The van der Waals surface area contributed by atoms with Crippen molar-refractivity contribution in [3.05, 3.63) is 0 Å². The molecule has 0 amide bonds. The lowest BCUT2D eigenvalue weighted by Gasteiger charge is -2.27. The Morgan fingerprint density at radius 3 is 2.71 bits per heavy atom. The Morgan fingerprint density at radius 2 is 2.14 bits per heavy atom. The standard InChI is InChI=1S/C11H24N2O/c1-13(9-10-14-2)8-4-7-12-11-5-3-6-11/h11-12H,3-10H2,1-2H3. The van der Waals surface area contributed by atoms with Gasteiger partial charge in [0.15, 0.2) is 0 Å². The quantitative estimate of drug-likeness (QED) is 0.594. The van der Waals surface area contributed by atoms with Crippen molar-refractivity contribution in [2.75, 3.05) is 40.4 Å². The van der Waals surface area contributed by atoms with Crippen LogP contribution in [0.2, 0.25) is 0 Å². The molecule has 1 aliphatic rings. The smallest absolute Gasteiger partial charge is 0.0589 e. The van der Waals surface area contributed by atoms with Crippen molar-refractivity contribution < 1.29 is 4.74 Å². The fourth-order valence-electron chi connectivity index (χ4n) is 1.63. The molecule has 0 aliphatic heterocycles. The largest absolute Gasteiger partial charge is 0.383 e. The van der Waals surface area contributed by atoms with Crippen LogP contribution in [0.15, 0.2) is 0 Å². The summed E-state index contributed by atoms with van der Waals surface area (Å²) in [5.74, 6) is 0. The van der Waals surface area contributed by atoms with Crippen molar-refractivity contribution in [3.63, 3.8) is 0 Å². The van der Waals surface area contributed by atoms with Gasteiger partial charge in [-0.15, -0.1) is 0 Å². The Bertz CT molecular complexity index is 137. The molecule has 1 saturated carbocycles. The van der Waals surface area contributed by atoms with Crippen LogP contribution in [0, 0.1) is 0 Å². The Balaban J connectivity index is 1.81. The van der Waals surface area contributed by atoms with Gasteiger partial charge in [-0.2, -0.15) is 0 Å². The molecule has 1 fully saturated rings. The summed E-state index contributed by atoms with van der Waals surface area (Å²) in [6.45, 7) is 4.22. The molecule has 0 heterocycles. The van der Waals surface area contributed by atoms with E-state index in [-0.39, 0.29) is 0 Å². The summed E-state index contributed by atoms with van der Waals surface area (Å²) in [4.78, 5) is 2.33. The number of ether oxygens (including phenoxy) is 1. The first kappa shape index (κ1) is 12.0. The topological polar surface area (TPSA) is 24.5 Å². The van der Waals surface area contributed by atoms with Gasteiger partial charge in [0.1, 0.15) is 0 Å². The number of nitrogens with one attached hydrogen (secondary N) is 1. The van der Waals surface area contributed by atoms with Crippen molar-refractivity contribution in [2.45, 2.75) is 31.7 Å². The van der Waals surface area contributed by atoms with Crippen LogP contribution in [-0.4, -0.2) is 51.3 Å². The monoisotopic (exact) mass is 200 g/mol. The van der Waals surface area contributed by atoms with Gasteiger partial charge in [0, 0.05) is 19.7 Å². The Kier molecular flexibility index (Phi) is 6.15. The maximum atomic E-state index is 5.03. The molecular formula is C11H24N2O. The summed E-state index contributed by atoms with van der Waals surface area (Å²) >= 11 is 0. The van der Waals surface area contributed by atoms with Gasteiger partial charge in [-0.05, 0) is 39.4 Å². The Hall–Kier alpha value is -0.120. The van der Waals surface area contributed by atoms with Gasteiger partial charge in [0.05, 0.1) is 6.61 Å². The van der Waals surface area contributed by atoms with E-state index in [1.807, 2.05) is 0 Å². The molecule has 1 N–H and O–H groups in total. The predicted octanol–water partition coefficient (Wildman–Crippen LogP) is 1.10. The average molecular weight is 200 g/mol. The third-order valence-corrected chi connectivity index (χ3v) is 2.93. The van der Waals surface area contributed by atoms with Crippen LogP contribution in [0.25, 0.3) is 0 Å². The molecule has 14 heavy (non-hydrogen) atoms. The molecule has 0 saturated heterocycles. The second kappa shape index (κ2) is 7.21. The molecule has 1 rings (SSSR count). The Morgan fingerprint density at radius 1 is 1.36 bits per heavy atom. The lowest BCUT2D eigenvalue weighted by atomic mass is 9.93. The van der Waals surface area contributed by atoms with Gasteiger partial charge < -0.3 is 15.0 Å². The highest BCUT2D eigenvalue weighted by molar-refractivity contribution is 4.75. The highest BCUT2D eigenvalue weighted by Gasteiger charge is 2.15. The van der Waals surface area contributed by atoms with E-state index < -0.39 is 0 Å². The molecule has 0 spiro atoms.